The molecule has 0 radical (unpaired) electrons. The van der Waals surface area contributed by atoms with E-state index in [2.05, 4.69) is 22.0 Å². The van der Waals surface area contributed by atoms with Crippen LogP contribution in [0.25, 0.3) is 0 Å². The van der Waals surface area contributed by atoms with Crippen molar-refractivity contribution in [1.29, 1.82) is 0 Å². The number of rotatable bonds is 10. The zero-order valence-corrected chi connectivity index (χ0v) is 11.2. The number of amides is 1. The van der Waals surface area contributed by atoms with Crippen LogP contribution in [-0.2, 0) is 19.4 Å². The molecule has 0 heterocycles. The topological polar surface area (TPSA) is 64.6 Å². The van der Waals surface area contributed by atoms with Crippen molar-refractivity contribution in [2.45, 2.75) is 45.4 Å². The first-order valence-electron chi connectivity index (χ1n) is 6.41. The smallest absolute Gasteiger partial charge is 0.353 e. The standard InChI is InChI=1S/C13H23NO4/c1-3-4-5-6-7-8-11-14-12(15)9-10-13(16)18-17-2/h9-10H,3-8,11H2,1-2H3,(H,14,15)/b10-9-. The molecule has 5 heteroatoms. The molecule has 18 heavy (non-hydrogen) atoms. The number of carbonyl (C=O) groups excluding carboxylic acids is 2. The summed E-state index contributed by atoms with van der Waals surface area (Å²) in [6.45, 7) is 2.82. The molecule has 0 unspecified atom stereocenters. The van der Waals surface area contributed by atoms with Gasteiger partial charge in [-0.25, -0.2) is 4.79 Å². The van der Waals surface area contributed by atoms with Crippen LogP contribution in [0.15, 0.2) is 12.2 Å². The highest BCUT2D eigenvalue weighted by Crippen LogP contribution is 2.03. The molecule has 0 saturated heterocycles. The Kier molecular flexibility index (Phi) is 11.2. The lowest BCUT2D eigenvalue weighted by molar-refractivity contribution is -0.249. The largest absolute Gasteiger partial charge is 0.366 e. The Balaban J connectivity index is 3.45. The number of hydrogen-bond donors (Lipinski definition) is 1. The molecular formula is C13H23NO4. The fourth-order valence-electron chi connectivity index (χ4n) is 1.43. The third-order valence-corrected chi connectivity index (χ3v) is 2.37. The van der Waals surface area contributed by atoms with Crippen molar-refractivity contribution in [3.8, 4) is 0 Å². The monoisotopic (exact) mass is 257 g/mol. The van der Waals surface area contributed by atoms with Gasteiger partial charge in [-0.15, -0.1) is 0 Å². The Morgan fingerprint density at radius 1 is 1.06 bits per heavy atom. The Morgan fingerprint density at radius 3 is 2.39 bits per heavy atom. The highest BCUT2D eigenvalue weighted by Gasteiger charge is 1.99. The van der Waals surface area contributed by atoms with E-state index in [1.54, 1.807) is 0 Å². The number of hydrogen-bond acceptors (Lipinski definition) is 4. The molecule has 0 fully saturated rings. The third-order valence-electron chi connectivity index (χ3n) is 2.37. The molecule has 0 atom stereocenters. The van der Waals surface area contributed by atoms with Gasteiger partial charge < -0.3 is 5.32 Å². The zero-order valence-electron chi connectivity index (χ0n) is 11.2. The van der Waals surface area contributed by atoms with Crippen molar-refractivity contribution < 1.29 is 19.4 Å². The SMILES string of the molecule is CCCCCCCCNC(=O)/C=C\C(=O)OOC. The molecule has 0 aromatic rings. The van der Waals surface area contributed by atoms with E-state index in [4.69, 9.17) is 0 Å². The van der Waals surface area contributed by atoms with Gasteiger partial charge in [0.2, 0.25) is 5.91 Å². The van der Waals surface area contributed by atoms with Gasteiger partial charge in [-0.2, -0.15) is 4.89 Å². The summed E-state index contributed by atoms with van der Waals surface area (Å²) in [5.74, 6) is -0.996. The summed E-state index contributed by atoms with van der Waals surface area (Å²) in [6.07, 6.45) is 9.22. The van der Waals surface area contributed by atoms with E-state index in [0.717, 1.165) is 25.0 Å². The molecule has 0 aromatic carbocycles. The average molecular weight is 257 g/mol. The van der Waals surface area contributed by atoms with Gasteiger partial charge in [-0.1, -0.05) is 39.0 Å². The van der Waals surface area contributed by atoms with E-state index < -0.39 is 5.97 Å². The van der Waals surface area contributed by atoms with Crippen molar-refractivity contribution in [2.24, 2.45) is 0 Å². The second-order valence-electron chi connectivity index (χ2n) is 3.96. The molecule has 0 saturated carbocycles. The zero-order chi connectivity index (χ0) is 13.6. The number of nitrogens with one attached hydrogen (secondary N) is 1. The second-order valence-corrected chi connectivity index (χ2v) is 3.96. The Labute approximate surface area is 108 Å². The van der Waals surface area contributed by atoms with Crippen molar-refractivity contribution >= 4 is 11.9 Å². The summed E-state index contributed by atoms with van der Waals surface area (Å²) in [5, 5.41) is 2.70. The van der Waals surface area contributed by atoms with Crippen molar-refractivity contribution in [3.63, 3.8) is 0 Å². The molecular weight excluding hydrogens is 234 g/mol. The van der Waals surface area contributed by atoms with Crippen LogP contribution in [0.2, 0.25) is 0 Å². The van der Waals surface area contributed by atoms with Gasteiger partial charge in [-0.05, 0) is 6.42 Å². The maximum atomic E-state index is 11.2. The van der Waals surface area contributed by atoms with E-state index in [1.165, 1.54) is 32.8 Å². The first-order chi connectivity index (χ1) is 8.70. The summed E-state index contributed by atoms with van der Waals surface area (Å²) < 4.78 is 0. The van der Waals surface area contributed by atoms with Crippen LogP contribution in [0.5, 0.6) is 0 Å². The molecule has 0 aliphatic carbocycles. The summed E-state index contributed by atoms with van der Waals surface area (Å²) in [7, 11) is 1.23. The van der Waals surface area contributed by atoms with Crippen LogP contribution in [0.4, 0.5) is 0 Å². The Hall–Kier alpha value is -1.36. The number of unbranched alkanes of at least 4 members (excludes halogenated alkanes) is 5. The van der Waals surface area contributed by atoms with E-state index in [-0.39, 0.29) is 5.91 Å². The number of carbonyl (C=O) groups is 2. The summed E-state index contributed by atoms with van der Waals surface area (Å²) in [6, 6.07) is 0. The third kappa shape index (κ3) is 11.1. The van der Waals surface area contributed by atoms with Crippen LogP contribution >= 0.6 is 0 Å². The van der Waals surface area contributed by atoms with E-state index >= 15 is 0 Å². The van der Waals surface area contributed by atoms with Crippen LogP contribution < -0.4 is 5.32 Å². The van der Waals surface area contributed by atoms with Gasteiger partial charge in [0.1, 0.15) is 0 Å². The van der Waals surface area contributed by atoms with Gasteiger partial charge in [0, 0.05) is 18.7 Å². The van der Waals surface area contributed by atoms with Gasteiger partial charge in [0.15, 0.2) is 0 Å². The molecule has 0 aromatic heterocycles. The van der Waals surface area contributed by atoms with Gasteiger partial charge in [0.25, 0.3) is 0 Å². The predicted octanol–water partition coefficient (Wildman–Crippen LogP) is 2.12. The van der Waals surface area contributed by atoms with Crippen LogP contribution in [-0.4, -0.2) is 25.5 Å². The normalized spacial score (nSPS) is 10.6. The minimum Gasteiger partial charge on any atom is -0.353 e. The maximum Gasteiger partial charge on any atom is 0.366 e. The molecule has 0 aliphatic rings. The quantitative estimate of drug-likeness (QED) is 0.282. The molecule has 1 N–H and O–H groups in total. The van der Waals surface area contributed by atoms with E-state index in [1.807, 2.05) is 0 Å². The lowest BCUT2D eigenvalue weighted by Gasteiger charge is -2.02. The van der Waals surface area contributed by atoms with Crippen molar-refractivity contribution in [2.75, 3.05) is 13.7 Å². The molecule has 5 nitrogen and oxygen atoms in total. The first kappa shape index (κ1) is 16.6. The molecule has 1 amide bonds. The van der Waals surface area contributed by atoms with Crippen LogP contribution in [0.1, 0.15) is 45.4 Å². The first-order valence-corrected chi connectivity index (χ1v) is 6.41. The predicted molar refractivity (Wildman–Crippen MR) is 68.6 cm³/mol. The Bertz CT molecular complexity index is 264. The molecule has 0 spiro atoms. The fraction of sp³-hybridized carbons (Fsp3) is 0.692. The summed E-state index contributed by atoms with van der Waals surface area (Å²) in [5.41, 5.74) is 0. The molecule has 0 aliphatic heterocycles. The summed E-state index contributed by atoms with van der Waals surface area (Å²) in [4.78, 5) is 30.4. The molecule has 104 valence electrons. The van der Waals surface area contributed by atoms with Crippen molar-refractivity contribution in [3.05, 3.63) is 12.2 Å². The average Bonchev–Trinajstić information content (AvgIpc) is 2.35. The van der Waals surface area contributed by atoms with Crippen LogP contribution in [0, 0.1) is 0 Å². The molecule has 0 bridgehead atoms. The minimum atomic E-state index is -0.702. The lowest BCUT2D eigenvalue weighted by Crippen LogP contribution is -2.22. The van der Waals surface area contributed by atoms with Gasteiger partial charge in [0.05, 0.1) is 7.11 Å². The molecule has 0 rings (SSSR count). The van der Waals surface area contributed by atoms with Gasteiger partial charge >= 0.3 is 5.97 Å². The summed E-state index contributed by atoms with van der Waals surface area (Å²) >= 11 is 0. The highest BCUT2D eigenvalue weighted by molar-refractivity contribution is 5.94. The van der Waals surface area contributed by atoms with Crippen LogP contribution in [0.3, 0.4) is 0 Å². The van der Waals surface area contributed by atoms with E-state index in [9.17, 15) is 9.59 Å². The van der Waals surface area contributed by atoms with Gasteiger partial charge in [-0.3, -0.25) is 9.68 Å². The van der Waals surface area contributed by atoms with Crippen molar-refractivity contribution in [1.82, 2.24) is 5.32 Å². The fourth-order valence-corrected chi connectivity index (χ4v) is 1.43. The van der Waals surface area contributed by atoms with E-state index in [0.29, 0.717) is 6.54 Å². The highest BCUT2D eigenvalue weighted by atomic mass is 17.2. The lowest BCUT2D eigenvalue weighted by atomic mass is 10.1. The maximum absolute atomic E-state index is 11.2. The second kappa shape index (κ2) is 12.1. The minimum absolute atomic E-state index is 0.295. The Morgan fingerprint density at radius 2 is 1.72 bits per heavy atom.